The molecule has 1 aliphatic heterocycles. The van der Waals surface area contributed by atoms with Crippen molar-refractivity contribution in [3.63, 3.8) is 0 Å². The van der Waals surface area contributed by atoms with Crippen LogP contribution in [0.15, 0.2) is 18.2 Å². The molecule has 0 atom stereocenters. The molecule has 1 amide bonds. The van der Waals surface area contributed by atoms with Gasteiger partial charge in [-0.25, -0.2) is 0 Å². The molecular formula is C14H14N4O. The Morgan fingerprint density at radius 3 is 2.53 bits per heavy atom. The smallest absolute Gasteiger partial charge is 0.247 e. The van der Waals surface area contributed by atoms with E-state index in [9.17, 15) is 10.1 Å². The van der Waals surface area contributed by atoms with Crippen molar-refractivity contribution in [3.8, 4) is 12.1 Å². The third-order valence-corrected chi connectivity index (χ3v) is 3.21. The molecular weight excluding hydrogens is 240 g/mol. The predicted octanol–water partition coefficient (Wildman–Crippen LogP) is 1.64. The number of carbonyl (C=O) groups is 1. The number of anilines is 2. The Hall–Kier alpha value is -2.53. The highest BCUT2D eigenvalue weighted by Crippen LogP contribution is 2.37. The van der Waals surface area contributed by atoms with Crippen molar-refractivity contribution in [3.05, 3.63) is 23.8 Å². The molecule has 19 heavy (non-hydrogen) atoms. The monoisotopic (exact) mass is 254 g/mol. The van der Waals surface area contributed by atoms with Crippen molar-refractivity contribution < 1.29 is 4.79 Å². The summed E-state index contributed by atoms with van der Waals surface area (Å²) < 4.78 is 0. The largest absolute Gasteiger partial charge is 0.364 e. The van der Waals surface area contributed by atoms with Crippen molar-refractivity contribution in [2.75, 3.05) is 23.4 Å². The average molecular weight is 254 g/mol. The number of amides is 1. The lowest BCUT2D eigenvalue weighted by atomic mass is 10.00. The Labute approximate surface area is 112 Å². The highest BCUT2D eigenvalue weighted by molar-refractivity contribution is 6.04. The normalized spacial score (nSPS) is 14.7. The summed E-state index contributed by atoms with van der Waals surface area (Å²) in [6, 6.07) is 9.35. The molecule has 1 aromatic rings. The minimum Gasteiger partial charge on any atom is -0.364 e. The van der Waals surface area contributed by atoms with Crippen LogP contribution in [-0.4, -0.2) is 25.0 Å². The number of hydrogen-bond acceptors (Lipinski definition) is 4. The van der Waals surface area contributed by atoms with Crippen molar-refractivity contribution >= 4 is 17.3 Å². The van der Waals surface area contributed by atoms with E-state index in [4.69, 9.17) is 5.26 Å². The minimum absolute atomic E-state index is 0.119. The van der Waals surface area contributed by atoms with Crippen LogP contribution >= 0.6 is 0 Å². The zero-order valence-corrected chi connectivity index (χ0v) is 11.1. The number of carbonyl (C=O) groups excluding carboxylic acids is 1. The second kappa shape index (κ2) is 4.29. The summed E-state index contributed by atoms with van der Waals surface area (Å²) in [5, 5.41) is 18.2. The lowest BCUT2D eigenvalue weighted by Crippen LogP contribution is -2.53. The molecule has 1 aliphatic rings. The van der Waals surface area contributed by atoms with Crippen LogP contribution in [0.4, 0.5) is 11.4 Å². The summed E-state index contributed by atoms with van der Waals surface area (Å²) in [6.45, 7) is 3.61. The molecule has 0 N–H and O–H groups in total. The Morgan fingerprint density at radius 2 is 1.95 bits per heavy atom. The number of likely N-dealkylation sites (N-methyl/N-ethyl adjacent to an activating group) is 1. The second-order valence-electron chi connectivity index (χ2n) is 5.07. The van der Waals surface area contributed by atoms with Crippen LogP contribution in [0, 0.1) is 22.7 Å². The van der Waals surface area contributed by atoms with Gasteiger partial charge in [-0.15, -0.1) is 0 Å². The average Bonchev–Trinajstić information content (AvgIpc) is 2.38. The highest BCUT2D eigenvalue weighted by atomic mass is 16.2. The van der Waals surface area contributed by atoms with Gasteiger partial charge in [-0.3, -0.25) is 9.69 Å². The van der Waals surface area contributed by atoms with Crippen LogP contribution in [0.5, 0.6) is 0 Å². The summed E-state index contributed by atoms with van der Waals surface area (Å²) in [6.07, 6.45) is 0. The van der Waals surface area contributed by atoms with Crippen molar-refractivity contribution in [2.24, 2.45) is 0 Å². The van der Waals surface area contributed by atoms with Crippen LogP contribution < -0.4 is 9.80 Å². The molecule has 0 saturated carbocycles. The van der Waals surface area contributed by atoms with E-state index in [0.29, 0.717) is 11.3 Å². The van der Waals surface area contributed by atoms with Gasteiger partial charge in [0.2, 0.25) is 5.91 Å². The van der Waals surface area contributed by atoms with Gasteiger partial charge in [0.25, 0.3) is 0 Å². The van der Waals surface area contributed by atoms with Crippen LogP contribution in [0.25, 0.3) is 0 Å². The summed E-state index contributed by atoms with van der Waals surface area (Å²) >= 11 is 0. The molecule has 0 aromatic heterocycles. The number of fused-ring (bicyclic) bond motifs is 1. The number of nitrogens with zero attached hydrogens (tertiary/aromatic N) is 4. The van der Waals surface area contributed by atoms with Crippen LogP contribution in [0.1, 0.15) is 19.4 Å². The minimum atomic E-state index is -0.915. The van der Waals surface area contributed by atoms with E-state index >= 15 is 0 Å². The van der Waals surface area contributed by atoms with E-state index in [1.807, 2.05) is 0 Å². The first-order chi connectivity index (χ1) is 8.90. The fourth-order valence-corrected chi connectivity index (χ4v) is 2.24. The molecule has 5 heteroatoms. The highest BCUT2D eigenvalue weighted by Gasteiger charge is 2.37. The number of rotatable bonds is 1. The quantitative estimate of drug-likeness (QED) is 0.763. The molecule has 2 rings (SSSR count). The van der Waals surface area contributed by atoms with E-state index in [1.54, 1.807) is 44.0 Å². The summed E-state index contributed by atoms with van der Waals surface area (Å²) in [4.78, 5) is 15.5. The van der Waals surface area contributed by atoms with Gasteiger partial charge in [-0.05, 0) is 32.0 Å². The third kappa shape index (κ3) is 2.00. The molecule has 96 valence electrons. The zero-order chi connectivity index (χ0) is 14.2. The molecule has 0 unspecified atom stereocenters. The third-order valence-electron chi connectivity index (χ3n) is 3.21. The Bertz CT molecular complexity index is 621. The first-order valence-corrected chi connectivity index (χ1v) is 5.90. The fraction of sp³-hybridized carbons (Fsp3) is 0.357. The molecule has 0 bridgehead atoms. The number of hydrogen-bond donors (Lipinski definition) is 0. The van der Waals surface area contributed by atoms with Crippen molar-refractivity contribution in [1.82, 2.24) is 0 Å². The molecule has 0 aliphatic carbocycles. The summed E-state index contributed by atoms with van der Waals surface area (Å²) in [7, 11) is 1.80. The first kappa shape index (κ1) is 12.9. The maximum absolute atomic E-state index is 12.2. The van der Waals surface area contributed by atoms with E-state index < -0.39 is 5.54 Å². The van der Waals surface area contributed by atoms with Crippen LogP contribution in [-0.2, 0) is 4.79 Å². The maximum Gasteiger partial charge on any atom is 0.247 e. The topological polar surface area (TPSA) is 71.1 Å². The van der Waals surface area contributed by atoms with Gasteiger partial charge in [0.05, 0.1) is 35.6 Å². The number of benzene rings is 1. The van der Waals surface area contributed by atoms with Crippen molar-refractivity contribution in [2.45, 2.75) is 19.4 Å². The Morgan fingerprint density at radius 1 is 1.26 bits per heavy atom. The van der Waals surface area contributed by atoms with E-state index in [0.717, 1.165) is 5.69 Å². The predicted molar refractivity (Wildman–Crippen MR) is 71.6 cm³/mol. The molecule has 0 fully saturated rings. The molecule has 0 saturated heterocycles. The van der Waals surface area contributed by atoms with Crippen molar-refractivity contribution in [1.29, 1.82) is 10.5 Å². The van der Waals surface area contributed by atoms with Gasteiger partial charge in [0.15, 0.2) is 0 Å². The summed E-state index contributed by atoms with van der Waals surface area (Å²) in [5.41, 5.74) is 1.09. The Balaban J connectivity index is 2.63. The van der Waals surface area contributed by atoms with Gasteiger partial charge in [-0.1, -0.05) is 0 Å². The molecule has 5 nitrogen and oxygen atoms in total. The summed E-state index contributed by atoms with van der Waals surface area (Å²) in [5.74, 6) is -0.119. The van der Waals surface area contributed by atoms with E-state index in [1.165, 1.54) is 4.90 Å². The van der Waals surface area contributed by atoms with E-state index in [-0.39, 0.29) is 12.5 Å². The number of nitriles is 2. The standard InChI is InChI=1S/C14H14N4O/c1-14(2,9-16)18-11-5-4-10(7-15)6-12(11)17(3)8-13(18)19/h4-6H,8H2,1-3H3. The fourth-order valence-electron chi connectivity index (χ4n) is 2.24. The van der Waals surface area contributed by atoms with Gasteiger partial charge in [-0.2, -0.15) is 10.5 Å². The molecule has 1 aromatic carbocycles. The maximum atomic E-state index is 12.2. The zero-order valence-electron chi connectivity index (χ0n) is 11.1. The van der Waals surface area contributed by atoms with Gasteiger partial charge in [0, 0.05) is 7.05 Å². The van der Waals surface area contributed by atoms with Gasteiger partial charge in [0.1, 0.15) is 5.54 Å². The van der Waals surface area contributed by atoms with Crippen LogP contribution in [0.2, 0.25) is 0 Å². The SMILES string of the molecule is CN1CC(=O)N(C(C)(C)C#N)c2ccc(C#N)cc21. The first-order valence-electron chi connectivity index (χ1n) is 5.90. The Kier molecular flexibility index (Phi) is 2.92. The van der Waals surface area contributed by atoms with Gasteiger partial charge >= 0.3 is 0 Å². The molecule has 1 heterocycles. The molecule has 0 spiro atoms. The van der Waals surface area contributed by atoms with Crippen LogP contribution in [0.3, 0.4) is 0 Å². The molecule has 0 radical (unpaired) electrons. The lowest BCUT2D eigenvalue weighted by molar-refractivity contribution is -0.118. The lowest BCUT2D eigenvalue weighted by Gasteiger charge is -2.41. The van der Waals surface area contributed by atoms with Gasteiger partial charge < -0.3 is 4.90 Å². The second-order valence-corrected chi connectivity index (χ2v) is 5.07. The van der Waals surface area contributed by atoms with E-state index in [2.05, 4.69) is 12.1 Å².